The van der Waals surface area contributed by atoms with Crippen molar-refractivity contribution in [3.8, 4) is 0 Å². The second kappa shape index (κ2) is 9.63. The number of piperidine rings is 1. The molecule has 0 aliphatic carbocycles. The van der Waals surface area contributed by atoms with E-state index in [2.05, 4.69) is 10.6 Å². The van der Waals surface area contributed by atoms with Crippen LogP contribution < -0.4 is 15.5 Å². The van der Waals surface area contributed by atoms with Crippen LogP contribution in [0.25, 0.3) is 0 Å². The number of fused-ring (bicyclic) bond motifs is 1. The van der Waals surface area contributed by atoms with Crippen molar-refractivity contribution >= 4 is 29.9 Å². The standard InChI is InChI=1S/C24H29N3O2.ClH/c1-27-21-10-6-5-9-20(21)24(23(27)29,15-18-7-3-2-4-8-18)16-22(28)26-17-19-11-13-25-14-12-19;/h2-10,19,25H,11-17H2,1H3,(H,26,28);1H. The quantitative estimate of drug-likeness (QED) is 0.744. The molecule has 1 unspecified atom stereocenters. The lowest BCUT2D eigenvalue weighted by Gasteiger charge is -2.29. The van der Waals surface area contributed by atoms with Gasteiger partial charge in [-0.3, -0.25) is 9.59 Å². The van der Waals surface area contributed by atoms with E-state index >= 15 is 0 Å². The van der Waals surface area contributed by atoms with Crippen molar-refractivity contribution < 1.29 is 9.59 Å². The minimum atomic E-state index is -0.856. The van der Waals surface area contributed by atoms with Crippen LogP contribution in [0.2, 0.25) is 0 Å². The van der Waals surface area contributed by atoms with E-state index in [0.717, 1.165) is 42.7 Å². The second-order valence-corrected chi connectivity index (χ2v) is 8.30. The topological polar surface area (TPSA) is 61.4 Å². The molecule has 6 heteroatoms. The number of nitrogens with one attached hydrogen (secondary N) is 2. The third-order valence-corrected chi connectivity index (χ3v) is 6.35. The summed E-state index contributed by atoms with van der Waals surface area (Å²) < 4.78 is 0. The van der Waals surface area contributed by atoms with E-state index in [0.29, 0.717) is 18.9 Å². The molecule has 2 aliphatic rings. The van der Waals surface area contributed by atoms with Gasteiger partial charge in [-0.25, -0.2) is 0 Å². The molecule has 0 radical (unpaired) electrons. The van der Waals surface area contributed by atoms with Gasteiger partial charge in [-0.2, -0.15) is 0 Å². The third kappa shape index (κ3) is 4.37. The molecule has 0 aromatic heterocycles. The first-order valence-corrected chi connectivity index (χ1v) is 10.5. The Morgan fingerprint density at radius 3 is 2.50 bits per heavy atom. The number of anilines is 1. The van der Waals surface area contributed by atoms with Gasteiger partial charge in [-0.15, -0.1) is 12.4 Å². The summed E-state index contributed by atoms with van der Waals surface area (Å²) in [5, 5.41) is 6.47. The van der Waals surface area contributed by atoms with Crippen molar-refractivity contribution in [2.45, 2.75) is 31.1 Å². The number of para-hydroxylation sites is 1. The van der Waals surface area contributed by atoms with Crippen molar-refractivity contribution in [3.05, 3.63) is 65.7 Å². The van der Waals surface area contributed by atoms with E-state index in [4.69, 9.17) is 0 Å². The van der Waals surface area contributed by atoms with E-state index in [-0.39, 0.29) is 30.6 Å². The zero-order chi connectivity index (χ0) is 20.3. The molecule has 160 valence electrons. The molecule has 4 rings (SSSR count). The number of nitrogens with zero attached hydrogens (tertiary/aromatic N) is 1. The number of halogens is 1. The van der Waals surface area contributed by atoms with Crippen molar-refractivity contribution in [2.75, 3.05) is 31.6 Å². The number of rotatable bonds is 6. The fourth-order valence-electron chi connectivity index (χ4n) is 4.75. The van der Waals surface area contributed by atoms with Gasteiger partial charge in [0.2, 0.25) is 11.8 Å². The molecule has 2 aromatic rings. The Kier molecular flexibility index (Phi) is 7.16. The first-order valence-electron chi connectivity index (χ1n) is 10.5. The van der Waals surface area contributed by atoms with Gasteiger partial charge in [0.1, 0.15) is 0 Å². The largest absolute Gasteiger partial charge is 0.356 e. The highest BCUT2D eigenvalue weighted by atomic mass is 35.5. The Balaban J connectivity index is 0.00000256. The number of likely N-dealkylation sites (N-methyl/N-ethyl adjacent to an activating group) is 1. The average Bonchev–Trinajstić information content (AvgIpc) is 2.96. The van der Waals surface area contributed by atoms with Crippen LogP contribution in [0.1, 0.15) is 30.4 Å². The Labute approximate surface area is 184 Å². The predicted octanol–water partition coefficient (Wildman–Crippen LogP) is 3.07. The maximum Gasteiger partial charge on any atom is 0.238 e. The average molecular weight is 428 g/mol. The molecule has 30 heavy (non-hydrogen) atoms. The number of amides is 2. The molecular weight excluding hydrogens is 398 g/mol. The zero-order valence-corrected chi connectivity index (χ0v) is 18.2. The predicted molar refractivity (Wildman–Crippen MR) is 122 cm³/mol. The molecule has 1 saturated heterocycles. The van der Waals surface area contributed by atoms with Crippen LogP contribution in [-0.2, 0) is 21.4 Å². The van der Waals surface area contributed by atoms with E-state index in [9.17, 15) is 9.59 Å². The summed E-state index contributed by atoms with van der Waals surface area (Å²) in [6.07, 6.45) is 2.86. The number of benzene rings is 2. The Morgan fingerprint density at radius 2 is 1.77 bits per heavy atom. The van der Waals surface area contributed by atoms with Crippen LogP contribution in [0.5, 0.6) is 0 Å². The van der Waals surface area contributed by atoms with Gasteiger partial charge in [0, 0.05) is 25.7 Å². The molecule has 5 nitrogen and oxygen atoms in total. The first kappa shape index (κ1) is 22.3. The lowest BCUT2D eigenvalue weighted by atomic mass is 9.73. The zero-order valence-electron chi connectivity index (χ0n) is 17.4. The lowest BCUT2D eigenvalue weighted by molar-refractivity contribution is -0.129. The maximum atomic E-state index is 13.5. The number of hydrogen-bond donors (Lipinski definition) is 2. The number of carbonyl (C=O) groups excluding carboxylic acids is 2. The van der Waals surface area contributed by atoms with E-state index in [1.807, 2.05) is 54.6 Å². The van der Waals surface area contributed by atoms with Crippen molar-refractivity contribution in [1.29, 1.82) is 0 Å². The van der Waals surface area contributed by atoms with Crippen LogP contribution in [0.4, 0.5) is 5.69 Å². The highest BCUT2D eigenvalue weighted by molar-refractivity contribution is 6.09. The van der Waals surface area contributed by atoms with Gasteiger partial charge >= 0.3 is 0 Å². The lowest BCUT2D eigenvalue weighted by Crippen LogP contribution is -2.45. The molecule has 1 fully saturated rings. The second-order valence-electron chi connectivity index (χ2n) is 8.30. The number of hydrogen-bond acceptors (Lipinski definition) is 3. The van der Waals surface area contributed by atoms with Gasteiger partial charge in [0.25, 0.3) is 0 Å². The van der Waals surface area contributed by atoms with Crippen LogP contribution in [-0.4, -0.2) is 38.5 Å². The van der Waals surface area contributed by atoms with Gasteiger partial charge in [0.05, 0.1) is 5.41 Å². The summed E-state index contributed by atoms with van der Waals surface area (Å²) in [5.74, 6) is 0.469. The maximum absolute atomic E-state index is 13.5. The molecule has 2 heterocycles. The summed E-state index contributed by atoms with van der Waals surface area (Å²) in [6.45, 7) is 2.71. The summed E-state index contributed by atoms with van der Waals surface area (Å²) in [7, 11) is 1.81. The Hall–Kier alpha value is -2.37. The number of carbonyl (C=O) groups is 2. The van der Waals surface area contributed by atoms with Crippen molar-refractivity contribution in [1.82, 2.24) is 10.6 Å². The van der Waals surface area contributed by atoms with E-state index in [1.165, 1.54) is 0 Å². The molecule has 2 aliphatic heterocycles. The summed E-state index contributed by atoms with van der Waals surface area (Å²) >= 11 is 0. The molecule has 0 bridgehead atoms. The molecule has 2 amide bonds. The molecule has 0 spiro atoms. The van der Waals surface area contributed by atoms with Gasteiger partial charge < -0.3 is 15.5 Å². The van der Waals surface area contributed by atoms with Crippen LogP contribution in [0.3, 0.4) is 0 Å². The fraction of sp³-hybridized carbons (Fsp3) is 0.417. The van der Waals surface area contributed by atoms with Crippen molar-refractivity contribution in [3.63, 3.8) is 0 Å². The highest BCUT2D eigenvalue weighted by Crippen LogP contribution is 2.45. The Bertz CT molecular complexity index is 883. The minimum Gasteiger partial charge on any atom is -0.356 e. The molecule has 2 N–H and O–H groups in total. The summed E-state index contributed by atoms with van der Waals surface area (Å²) in [4.78, 5) is 28.2. The van der Waals surface area contributed by atoms with E-state index in [1.54, 1.807) is 11.9 Å². The fourth-order valence-corrected chi connectivity index (χ4v) is 4.75. The van der Waals surface area contributed by atoms with Gasteiger partial charge in [-0.1, -0.05) is 48.5 Å². The van der Waals surface area contributed by atoms with Crippen LogP contribution in [0.15, 0.2) is 54.6 Å². The molecule has 1 atom stereocenters. The minimum absolute atomic E-state index is 0. The molecule has 0 saturated carbocycles. The smallest absolute Gasteiger partial charge is 0.238 e. The molecular formula is C24H30ClN3O2. The SMILES string of the molecule is CN1C(=O)C(CC(=O)NCC2CCNCC2)(Cc2ccccc2)c2ccccc21.Cl. The third-order valence-electron chi connectivity index (χ3n) is 6.35. The van der Waals surface area contributed by atoms with Gasteiger partial charge in [0.15, 0.2) is 0 Å². The summed E-state index contributed by atoms with van der Waals surface area (Å²) in [6, 6.07) is 17.9. The highest BCUT2D eigenvalue weighted by Gasteiger charge is 2.50. The van der Waals surface area contributed by atoms with E-state index < -0.39 is 5.41 Å². The first-order chi connectivity index (χ1) is 14.1. The Morgan fingerprint density at radius 1 is 1.10 bits per heavy atom. The normalized spacial score (nSPS) is 21.1. The van der Waals surface area contributed by atoms with Crippen LogP contribution in [0, 0.1) is 5.92 Å². The van der Waals surface area contributed by atoms with Crippen molar-refractivity contribution in [2.24, 2.45) is 5.92 Å². The van der Waals surface area contributed by atoms with Crippen LogP contribution >= 0.6 is 12.4 Å². The molecule has 2 aromatic carbocycles. The summed E-state index contributed by atoms with van der Waals surface area (Å²) in [5.41, 5.74) is 2.07. The monoisotopic (exact) mass is 427 g/mol. The van der Waals surface area contributed by atoms with Gasteiger partial charge in [-0.05, 0) is 55.5 Å².